The monoisotopic (exact) mass is 444 g/mol. The van der Waals surface area contributed by atoms with E-state index < -0.39 is 0 Å². The Balaban J connectivity index is 1.64. The normalized spacial score (nSPS) is 12.1. The van der Waals surface area contributed by atoms with Crippen molar-refractivity contribution in [2.24, 2.45) is 0 Å². The molecule has 4 heterocycles. The molecule has 0 spiro atoms. The van der Waals surface area contributed by atoms with E-state index in [9.17, 15) is 4.79 Å². The lowest BCUT2D eigenvalue weighted by Gasteiger charge is -2.10. The smallest absolute Gasteiger partial charge is 0.270 e. The van der Waals surface area contributed by atoms with Crippen LogP contribution in [0.2, 0.25) is 0 Å². The number of fused-ring (bicyclic) bond motifs is 1. The Morgan fingerprint density at radius 1 is 1.25 bits per heavy atom. The Morgan fingerprint density at radius 3 is 2.78 bits per heavy atom. The lowest BCUT2D eigenvalue weighted by Crippen LogP contribution is -2.32. The minimum absolute atomic E-state index is 0.236. The number of H-pyrrole nitrogens is 1. The molecular weight excluding hydrogens is 420 g/mol. The summed E-state index contributed by atoms with van der Waals surface area (Å²) >= 11 is 1.70. The molecule has 2 N–H and O–H groups in total. The van der Waals surface area contributed by atoms with Crippen LogP contribution >= 0.6 is 11.3 Å². The first-order valence-electron chi connectivity index (χ1n) is 10.5. The highest BCUT2D eigenvalue weighted by Crippen LogP contribution is 2.34. The van der Waals surface area contributed by atoms with Gasteiger partial charge in [-0.25, -0.2) is 15.0 Å². The summed E-state index contributed by atoms with van der Waals surface area (Å²) in [6.45, 7) is 8.11. The van der Waals surface area contributed by atoms with Gasteiger partial charge in [-0.3, -0.25) is 4.79 Å². The number of hydrogen-bond acceptors (Lipinski definition) is 6. The van der Waals surface area contributed by atoms with E-state index in [0.29, 0.717) is 17.3 Å². The van der Waals surface area contributed by atoms with Gasteiger partial charge in [-0.2, -0.15) is 5.26 Å². The average Bonchev–Trinajstić information content (AvgIpc) is 3.36. The van der Waals surface area contributed by atoms with Gasteiger partial charge in [-0.05, 0) is 38.1 Å². The molecule has 1 unspecified atom stereocenters. The predicted octanol–water partition coefficient (Wildman–Crippen LogP) is 5.21. The first-order valence-corrected chi connectivity index (χ1v) is 11.3. The molecule has 1 amide bonds. The van der Waals surface area contributed by atoms with Crippen molar-refractivity contribution in [3.05, 3.63) is 52.9 Å². The maximum Gasteiger partial charge on any atom is 0.270 e. The standard InChI is InChI=1S/C24H24N6OS/c1-13(2)24-28-15(4)21(32-24)20-11-16-10-17(12-26-22(16)30-20)18-6-5-7-19(29-18)23(31)27-14(3)8-9-25/h5-7,10-14H,8H2,1-4H3,(H,26,30)(H,27,31). The number of aromatic nitrogens is 4. The number of hydrogen-bond donors (Lipinski definition) is 2. The highest BCUT2D eigenvalue weighted by Gasteiger charge is 2.16. The topological polar surface area (TPSA) is 107 Å². The summed E-state index contributed by atoms with van der Waals surface area (Å²) in [5.74, 6) is 0.0918. The van der Waals surface area contributed by atoms with Crippen molar-refractivity contribution in [3.8, 4) is 27.9 Å². The second-order valence-corrected chi connectivity index (χ2v) is 9.14. The molecule has 0 fully saturated rings. The molecule has 0 aliphatic heterocycles. The van der Waals surface area contributed by atoms with Crippen molar-refractivity contribution < 1.29 is 4.79 Å². The summed E-state index contributed by atoms with van der Waals surface area (Å²) in [6.07, 6.45) is 2.00. The zero-order valence-electron chi connectivity index (χ0n) is 18.4. The average molecular weight is 445 g/mol. The van der Waals surface area contributed by atoms with E-state index in [1.807, 2.05) is 19.1 Å². The molecule has 4 aromatic rings. The number of amides is 1. The van der Waals surface area contributed by atoms with E-state index in [1.165, 1.54) is 0 Å². The van der Waals surface area contributed by atoms with Gasteiger partial charge in [-0.1, -0.05) is 19.9 Å². The largest absolute Gasteiger partial charge is 0.347 e. The lowest BCUT2D eigenvalue weighted by molar-refractivity contribution is 0.0936. The summed E-state index contributed by atoms with van der Waals surface area (Å²) < 4.78 is 0. The van der Waals surface area contributed by atoms with E-state index in [0.717, 1.165) is 37.9 Å². The van der Waals surface area contributed by atoms with Gasteiger partial charge in [0.2, 0.25) is 0 Å². The van der Waals surface area contributed by atoms with E-state index in [1.54, 1.807) is 36.6 Å². The third kappa shape index (κ3) is 4.39. The van der Waals surface area contributed by atoms with Crippen LogP contribution in [0.25, 0.3) is 32.9 Å². The molecule has 32 heavy (non-hydrogen) atoms. The Morgan fingerprint density at radius 2 is 2.06 bits per heavy atom. The number of aryl methyl sites for hydroxylation is 1. The Hall–Kier alpha value is -3.57. The molecule has 4 aromatic heterocycles. The number of pyridine rings is 2. The van der Waals surface area contributed by atoms with Crippen molar-refractivity contribution in [2.75, 3.05) is 0 Å². The van der Waals surface area contributed by atoms with Gasteiger partial charge >= 0.3 is 0 Å². The second kappa shape index (κ2) is 8.89. The van der Waals surface area contributed by atoms with Gasteiger partial charge in [0.05, 0.1) is 39.5 Å². The third-order valence-corrected chi connectivity index (χ3v) is 6.57. The van der Waals surface area contributed by atoms with Crippen LogP contribution in [0.5, 0.6) is 0 Å². The molecule has 0 aliphatic carbocycles. The van der Waals surface area contributed by atoms with Gasteiger partial charge in [0.1, 0.15) is 11.3 Å². The van der Waals surface area contributed by atoms with Crippen LogP contribution < -0.4 is 5.32 Å². The van der Waals surface area contributed by atoms with Crippen LogP contribution in [-0.2, 0) is 0 Å². The minimum atomic E-state index is -0.297. The van der Waals surface area contributed by atoms with Crippen LogP contribution in [0.1, 0.15) is 54.3 Å². The summed E-state index contributed by atoms with van der Waals surface area (Å²) in [4.78, 5) is 30.8. The number of nitrogens with zero attached hydrogens (tertiary/aromatic N) is 4. The number of carbonyl (C=O) groups excluding carboxylic acids is 1. The zero-order chi connectivity index (χ0) is 22.8. The molecule has 162 valence electrons. The quantitative estimate of drug-likeness (QED) is 0.424. The fourth-order valence-electron chi connectivity index (χ4n) is 3.40. The number of nitrogens with one attached hydrogen (secondary N) is 2. The van der Waals surface area contributed by atoms with Gasteiger partial charge in [0, 0.05) is 29.1 Å². The molecular formula is C24H24N6OS. The summed E-state index contributed by atoms with van der Waals surface area (Å²) in [5, 5.41) is 13.7. The molecule has 0 saturated carbocycles. The van der Waals surface area contributed by atoms with Gasteiger partial charge in [0.15, 0.2) is 0 Å². The molecule has 0 saturated heterocycles. The molecule has 1 atom stereocenters. The number of aromatic amines is 1. The van der Waals surface area contributed by atoms with Crippen molar-refractivity contribution in [1.82, 2.24) is 25.3 Å². The van der Waals surface area contributed by atoms with Crippen LogP contribution in [0, 0.1) is 18.3 Å². The number of carbonyl (C=O) groups is 1. The molecule has 0 aliphatic rings. The van der Waals surface area contributed by atoms with Crippen LogP contribution in [0.15, 0.2) is 36.5 Å². The van der Waals surface area contributed by atoms with Crippen molar-refractivity contribution in [2.45, 2.75) is 46.1 Å². The van der Waals surface area contributed by atoms with Crippen LogP contribution in [-0.4, -0.2) is 31.9 Å². The van der Waals surface area contributed by atoms with Crippen molar-refractivity contribution in [1.29, 1.82) is 5.26 Å². The highest BCUT2D eigenvalue weighted by molar-refractivity contribution is 7.15. The van der Waals surface area contributed by atoms with Crippen molar-refractivity contribution >= 4 is 28.3 Å². The van der Waals surface area contributed by atoms with Crippen molar-refractivity contribution in [3.63, 3.8) is 0 Å². The number of rotatable bonds is 6. The molecule has 0 aromatic carbocycles. The van der Waals surface area contributed by atoms with E-state index in [-0.39, 0.29) is 18.4 Å². The van der Waals surface area contributed by atoms with E-state index >= 15 is 0 Å². The van der Waals surface area contributed by atoms with Gasteiger partial charge in [0.25, 0.3) is 5.91 Å². The molecule has 0 bridgehead atoms. The summed E-state index contributed by atoms with van der Waals surface area (Å²) in [7, 11) is 0. The van der Waals surface area contributed by atoms with Crippen LogP contribution in [0.4, 0.5) is 0 Å². The molecule has 4 rings (SSSR count). The van der Waals surface area contributed by atoms with E-state index in [2.05, 4.69) is 46.3 Å². The van der Waals surface area contributed by atoms with Gasteiger partial charge in [-0.15, -0.1) is 11.3 Å². The molecule has 0 radical (unpaired) electrons. The van der Waals surface area contributed by atoms with Gasteiger partial charge < -0.3 is 10.3 Å². The Bertz CT molecular complexity index is 1330. The number of nitriles is 1. The third-order valence-electron chi connectivity index (χ3n) is 5.07. The Kier molecular flexibility index (Phi) is 6.01. The second-order valence-electron chi connectivity index (χ2n) is 8.11. The predicted molar refractivity (Wildman–Crippen MR) is 126 cm³/mol. The zero-order valence-corrected chi connectivity index (χ0v) is 19.2. The first kappa shape index (κ1) is 21.7. The Labute approximate surface area is 190 Å². The number of thiazole rings is 1. The fraction of sp³-hybridized carbons (Fsp3) is 0.292. The SMILES string of the molecule is Cc1nc(C(C)C)sc1-c1cc2cc(-c3cccc(C(=O)NC(C)CC#N)n3)cnc2[nH]1. The fourth-order valence-corrected chi connectivity index (χ4v) is 4.44. The highest BCUT2D eigenvalue weighted by atomic mass is 32.1. The molecule has 7 nitrogen and oxygen atoms in total. The maximum absolute atomic E-state index is 12.5. The lowest BCUT2D eigenvalue weighted by atomic mass is 10.1. The van der Waals surface area contributed by atoms with E-state index in [4.69, 9.17) is 10.2 Å². The minimum Gasteiger partial charge on any atom is -0.347 e. The van der Waals surface area contributed by atoms with Crippen LogP contribution in [0.3, 0.4) is 0 Å². The molecule has 8 heteroatoms. The maximum atomic E-state index is 12.5. The summed E-state index contributed by atoms with van der Waals surface area (Å²) in [5.41, 5.74) is 4.60. The first-order chi connectivity index (χ1) is 15.4. The summed E-state index contributed by atoms with van der Waals surface area (Å²) in [6, 6.07) is 11.2.